The molecule has 0 aliphatic carbocycles. The van der Waals surface area contributed by atoms with Crippen LogP contribution in [0.3, 0.4) is 0 Å². The molecule has 0 aromatic heterocycles. The van der Waals surface area contributed by atoms with Gasteiger partial charge < -0.3 is 10.6 Å². The number of likely N-dealkylation sites (tertiary alicyclic amines) is 1. The Balaban J connectivity index is 3.06. The molecule has 0 bridgehead atoms. The summed E-state index contributed by atoms with van der Waals surface area (Å²) < 4.78 is 52.6. The molecule has 0 radical (unpaired) electrons. The van der Waals surface area contributed by atoms with Crippen LogP contribution in [0.2, 0.25) is 0 Å². The summed E-state index contributed by atoms with van der Waals surface area (Å²) in [7, 11) is 0. The van der Waals surface area contributed by atoms with E-state index in [0.29, 0.717) is 0 Å². The van der Waals surface area contributed by atoms with Crippen molar-refractivity contribution in [2.45, 2.75) is 45.4 Å². The summed E-state index contributed by atoms with van der Waals surface area (Å²) in [5, 5.41) is 0. The largest absolute Gasteiger partial charge is 0.368 e. The molecule has 15 heavy (non-hydrogen) atoms. The number of nitrogens with two attached hydrogens (primary N) is 1. The van der Waals surface area contributed by atoms with Crippen LogP contribution >= 0.6 is 0 Å². The summed E-state index contributed by atoms with van der Waals surface area (Å²) in [5.41, 5.74) is 5.21. The first-order valence-corrected chi connectivity index (χ1v) is 4.86. The maximum atomic E-state index is 12.0. The molecule has 1 aliphatic heterocycles. The maximum absolute atomic E-state index is 12.0. The molecule has 1 heterocycles. The predicted molar refractivity (Wildman–Crippen MR) is 58.0 cm³/mol. The van der Waals surface area contributed by atoms with Crippen LogP contribution in [0.1, 0.15) is 49.0 Å². The van der Waals surface area contributed by atoms with Crippen molar-refractivity contribution in [3.8, 4) is 0 Å². The van der Waals surface area contributed by atoms with Gasteiger partial charge in [-0.2, -0.15) is 0 Å². The van der Waals surface area contributed by atoms with Crippen LogP contribution in [0.25, 0.3) is 0 Å². The van der Waals surface area contributed by atoms with Crippen LogP contribution in [0, 0.1) is 5.92 Å². The molecule has 0 aromatic carbocycles. The molecule has 1 rings (SSSR count). The van der Waals surface area contributed by atoms with E-state index in [1.165, 1.54) is 0 Å². The number of carbonyl (C=O) groups is 2. The number of amides is 2. The van der Waals surface area contributed by atoms with Crippen molar-refractivity contribution in [3.63, 3.8) is 0 Å². The SMILES string of the molecule is [2H]C([2H])([2H])C([2H])([2H])C([2H])([2H])[C@@H]1CC(=O)N([C@@H](CC)C(N)=O)C1. The Labute approximate surface area is 101 Å². The highest BCUT2D eigenvalue weighted by molar-refractivity contribution is 5.87. The minimum absolute atomic E-state index is 0.233. The monoisotopic (exact) mass is 219 g/mol. The van der Waals surface area contributed by atoms with Crippen LogP contribution in [-0.2, 0) is 9.59 Å². The molecule has 1 aliphatic rings. The molecule has 0 spiro atoms. The van der Waals surface area contributed by atoms with E-state index in [1.807, 2.05) is 0 Å². The summed E-state index contributed by atoms with van der Waals surface area (Å²) in [6, 6.07) is -0.896. The van der Waals surface area contributed by atoms with Gasteiger partial charge in [0.25, 0.3) is 0 Å². The molecule has 2 N–H and O–H groups in total. The lowest BCUT2D eigenvalue weighted by atomic mass is 10.0. The third-order valence-corrected chi connectivity index (χ3v) is 2.53. The maximum Gasteiger partial charge on any atom is 0.240 e. The van der Waals surface area contributed by atoms with Gasteiger partial charge in [0.2, 0.25) is 11.8 Å². The second-order valence-electron chi connectivity index (χ2n) is 3.54. The number of nitrogens with zero attached hydrogens (tertiary/aromatic N) is 1. The van der Waals surface area contributed by atoms with E-state index >= 15 is 0 Å². The minimum Gasteiger partial charge on any atom is -0.368 e. The zero-order chi connectivity index (χ0) is 17.5. The first-order chi connectivity index (χ1) is 9.77. The topological polar surface area (TPSA) is 63.4 Å². The van der Waals surface area contributed by atoms with Gasteiger partial charge in [-0.1, -0.05) is 20.1 Å². The van der Waals surface area contributed by atoms with Gasteiger partial charge in [-0.05, 0) is 18.7 Å². The molecule has 0 unspecified atom stereocenters. The van der Waals surface area contributed by atoms with Gasteiger partial charge in [-0.25, -0.2) is 0 Å². The summed E-state index contributed by atoms with van der Waals surface area (Å²) in [6.45, 7) is -1.75. The first kappa shape index (κ1) is 5.32. The number of carbonyl (C=O) groups excluding carboxylic acids is 2. The molecule has 0 saturated carbocycles. The smallest absolute Gasteiger partial charge is 0.240 e. The number of primary amides is 1. The lowest BCUT2D eigenvalue weighted by Gasteiger charge is -2.24. The molecule has 4 heteroatoms. The average molecular weight is 219 g/mol. The fourth-order valence-corrected chi connectivity index (χ4v) is 1.81. The van der Waals surface area contributed by atoms with Crippen LogP contribution in [0.5, 0.6) is 0 Å². The average Bonchev–Trinajstić information content (AvgIpc) is 2.71. The molecule has 0 aromatic rings. The van der Waals surface area contributed by atoms with E-state index in [-0.39, 0.29) is 19.4 Å². The van der Waals surface area contributed by atoms with Crippen molar-refractivity contribution in [2.75, 3.05) is 6.54 Å². The lowest BCUT2D eigenvalue weighted by molar-refractivity contribution is -0.136. The van der Waals surface area contributed by atoms with Crippen LogP contribution in [-0.4, -0.2) is 29.3 Å². The van der Waals surface area contributed by atoms with Crippen molar-refractivity contribution in [1.29, 1.82) is 0 Å². The predicted octanol–water partition coefficient (Wildman–Crippen LogP) is 0.899. The molecule has 2 amide bonds. The summed E-state index contributed by atoms with van der Waals surface area (Å²) in [5.74, 6) is -2.42. The first-order valence-electron chi connectivity index (χ1n) is 8.36. The van der Waals surface area contributed by atoms with Crippen molar-refractivity contribution in [1.82, 2.24) is 4.90 Å². The Morgan fingerprint density at radius 2 is 2.60 bits per heavy atom. The van der Waals surface area contributed by atoms with Gasteiger partial charge in [-0.3, -0.25) is 9.59 Å². The molecule has 86 valence electrons. The second kappa shape index (κ2) is 5.14. The Kier molecular flexibility index (Phi) is 1.83. The third kappa shape index (κ3) is 2.70. The molecular formula is C11H20N2O2. The Morgan fingerprint density at radius 3 is 3.13 bits per heavy atom. The summed E-state index contributed by atoms with van der Waals surface area (Å²) >= 11 is 0. The van der Waals surface area contributed by atoms with Crippen molar-refractivity contribution in [2.24, 2.45) is 11.7 Å². The lowest BCUT2D eigenvalue weighted by Crippen LogP contribution is -2.45. The van der Waals surface area contributed by atoms with E-state index in [0.717, 1.165) is 4.90 Å². The summed E-state index contributed by atoms with van der Waals surface area (Å²) in [4.78, 5) is 24.5. The van der Waals surface area contributed by atoms with E-state index in [2.05, 4.69) is 0 Å². The van der Waals surface area contributed by atoms with E-state index in [4.69, 9.17) is 15.3 Å². The van der Waals surface area contributed by atoms with Crippen LogP contribution in [0.15, 0.2) is 0 Å². The quantitative estimate of drug-likeness (QED) is 0.746. The minimum atomic E-state index is -3.17. The summed E-state index contributed by atoms with van der Waals surface area (Å²) in [6.07, 6.45) is -5.97. The van der Waals surface area contributed by atoms with Crippen molar-refractivity contribution in [3.05, 3.63) is 0 Å². The van der Waals surface area contributed by atoms with Crippen molar-refractivity contribution < 1.29 is 19.2 Å². The Hall–Kier alpha value is -1.06. The molecule has 1 fully saturated rings. The normalized spacial score (nSPS) is 32.9. The highest BCUT2D eigenvalue weighted by Crippen LogP contribution is 2.24. The van der Waals surface area contributed by atoms with E-state index in [9.17, 15) is 9.59 Å². The van der Waals surface area contributed by atoms with E-state index < -0.39 is 43.4 Å². The van der Waals surface area contributed by atoms with Gasteiger partial charge in [0, 0.05) is 22.6 Å². The molecule has 4 nitrogen and oxygen atoms in total. The highest BCUT2D eigenvalue weighted by atomic mass is 16.2. The van der Waals surface area contributed by atoms with Gasteiger partial charge in [-0.15, -0.1) is 0 Å². The number of rotatable bonds is 5. The zero-order valence-electron chi connectivity index (χ0n) is 15.6. The zero-order valence-corrected chi connectivity index (χ0v) is 8.62. The van der Waals surface area contributed by atoms with Crippen LogP contribution < -0.4 is 5.73 Å². The van der Waals surface area contributed by atoms with Gasteiger partial charge >= 0.3 is 0 Å². The highest BCUT2D eigenvalue weighted by Gasteiger charge is 2.35. The van der Waals surface area contributed by atoms with Gasteiger partial charge in [0.1, 0.15) is 6.04 Å². The van der Waals surface area contributed by atoms with Crippen LogP contribution in [0.4, 0.5) is 0 Å². The van der Waals surface area contributed by atoms with Gasteiger partial charge in [0.05, 0.1) is 0 Å². The third-order valence-electron chi connectivity index (χ3n) is 2.53. The molecule has 2 atom stereocenters. The number of hydrogen-bond donors (Lipinski definition) is 1. The fraction of sp³-hybridized carbons (Fsp3) is 0.818. The Morgan fingerprint density at radius 1 is 1.87 bits per heavy atom. The second-order valence-corrected chi connectivity index (χ2v) is 3.54. The Bertz CT molecular complexity index is 464. The molecular weight excluding hydrogens is 192 g/mol. The van der Waals surface area contributed by atoms with E-state index in [1.54, 1.807) is 6.92 Å². The van der Waals surface area contributed by atoms with Gasteiger partial charge in [0.15, 0.2) is 0 Å². The van der Waals surface area contributed by atoms with Crippen molar-refractivity contribution >= 4 is 11.8 Å². The molecule has 1 saturated heterocycles. The fourth-order valence-electron chi connectivity index (χ4n) is 1.81. The number of hydrogen-bond acceptors (Lipinski definition) is 2. The standard InChI is InChI=1S/C11H20N2O2/c1-3-5-8-6-10(14)13(7-8)9(4-2)11(12)15/h8-9H,3-7H2,1-2H3,(H2,12,15)/t8-,9+/m1/s1/i1D3,3D2,5D2.